The first-order valence-corrected chi connectivity index (χ1v) is 7.75. The van der Waals surface area contributed by atoms with Crippen LogP contribution in [0.4, 0.5) is 15.9 Å². The molecule has 0 atom stereocenters. The molecular weight excluding hydrogens is 295 g/mol. The van der Waals surface area contributed by atoms with Gasteiger partial charge in [0.15, 0.2) is 0 Å². The maximum absolute atomic E-state index is 13.2. The average molecular weight is 316 g/mol. The quantitative estimate of drug-likeness (QED) is 0.766. The van der Waals surface area contributed by atoms with Gasteiger partial charge in [-0.15, -0.1) is 0 Å². The molecule has 0 bridgehead atoms. The summed E-state index contributed by atoms with van der Waals surface area (Å²) in [5.74, 6) is 0.371. The zero-order chi connectivity index (χ0) is 16.7. The first-order valence-electron chi connectivity index (χ1n) is 7.75. The lowest BCUT2D eigenvalue weighted by atomic mass is 10.2. The number of rotatable bonds is 7. The summed E-state index contributed by atoms with van der Waals surface area (Å²) >= 11 is 0. The van der Waals surface area contributed by atoms with E-state index in [1.807, 2.05) is 0 Å². The summed E-state index contributed by atoms with van der Waals surface area (Å²) in [7, 11) is 0. The van der Waals surface area contributed by atoms with E-state index in [-0.39, 0.29) is 11.7 Å². The van der Waals surface area contributed by atoms with Gasteiger partial charge in [0.1, 0.15) is 23.2 Å². The van der Waals surface area contributed by atoms with Crippen molar-refractivity contribution in [3.8, 4) is 0 Å². The standard InChI is InChI=1S/C17H21FN4O/c1-3-4-5-9-19-17(23)15-11-16(21-12(2)20-15)22-14-8-6-7-13(18)10-14/h6-8,10-11H,3-5,9H2,1-2H3,(H,19,23)(H,20,21,22). The minimum Gasteiger partial charge on any atom is -0.351 e. The van der Waals surface area contributed by atoms with Crippen LogP contribution in [0.5, 0.6) is 0 Å². The smallest absolute Gasteiger partial charge is 0.270 e. The van der Waals surface area contributed by atoms with Crippen molar-refractivity contribution < 1.29 is 9.18 Å². The summed E-state index contributed by atoms with van der Waals surface area (Å²) in [6.45, 7) is 4.45. The van der Waals surface area contributed by atoms with Crippen molar-refractivity contribution in [1.82, 2.24) is 15.3 Å². The number of nitrogens with zero attached hydrogens (tertiary/aromatic N) is 2. The Kier molecular flexibility index (Phi) is 6.02. The number of anilines is 2. The number of nitrogens with one attached hydrogen (secondary N) is 2. The van der Waals surface area contributed by atoms with Crippen LogP contribution < -0.4 is 10.6 Å². The molecule has 0 saturated heterocycles. The number of unbranched alkanes of at least 4 members (excludes halogenated alkanes) is 2. The van der Waals surface area contributed by atoms with Crippen molar-refractivity contribution in [2.24, 2.45) is 0 Å². The van der Waals surface area contributed by atoms with Crippen molar-refractivity contribution >= 4 is 17.4 Å². The van der Waals surface area contributed by atoms with Crippen LogP contribution in [0, 0.1) is 12.7 Å². The molecule has 5 nitrogen and oxygen atoms in total. The largest absolute Gasteiger partial charge is 0.351 e. The lowest BCUT2D eigenvalue weighted by molar-refractivity contribution is 0.0947. The van der Waals surface area contributed by atoms with Crippen LogP contribution in [-0.2, 0) is 0 Å². The molecule has 0 aliphatic heterocycles. The zero-order valence-corrected chi connectivity index (χ0v) is 13.4. The van der Waals surface area contributed by atoms with Gasteiger partial charge in [0.05, 0.1) is 0 Å². The van der Waals surface area contributed by atoms with E-state index in [9.17, 15) is 9.18 Å². The summed E-state index contributed by atoms with van der Waals surface area (Å²) in [4.78, 5) is 20.5. The van der Waals surface area contributed by atoms with E-state index in [0.29, 0.717) is 29.6 Å². The van der Waals surface area contributed by atoms with E-state index in [1.54, 1.807) is 25.1 Å². The normalized spacial score (nSPS) is 10.4. The number of hydrogen-bond donors (Lipinski definition) is 2. The third-order valence-electron chi connectivity index (χ3n) is 3.23. The molecule has 0 aliphatic carbocycles. The third-order valence-corrected chi connectivity index (χ3v) is 3.23. The number of aromatic nitrogens is 2. The molecule has 0 fully saturated rings. The third kappa shape index (κ3) is 5.32. The van der Waals surface area contributed by atoms with Gasteiger partial charge in [-0.1, -0.05) is 25.8 Å². The van der Waals surface area contributed by atoms with E-state index in [0.717, 1.165) is 19.3 Å². The maximum atomic E-state index is 13.2. The predicted octanol–water partition coefficient (Wildman–Crippen LogP) is 3.59. The van der Waals surface area contributed by atoms with Gasteiger partial charge < -0.3 is 10.6 Å². The van der Waals surface area contributed by atoms with E-state index >= 15 is 0 Å². The highest BCUT2D eigenvalue weighted by Gasteiger charge is 2.10. The topological polar surface area (TPSA) is 66.9 Å². The Morgan fingerprint density at radius 1 is 1.22 bits per heavy atom. The lowest BCUT2D eigenvalue weighted by Crippen LogP contribution is -2.25. The molecule has 122 valence electrons. The fourth-order valence-corrected chi connectivity index (χ4v) is 2.13. The van der Waals surface area contributed by atoms with E-state index in [1.165, 1.54) is 12.1 Å². The predicted molar refractivity (Wildman–Crippen MR) is 88.3 cm³/mol. The van der Waals surface area contributed by atoms with Gasteiger partial charge in [0.2, 0.25) is 0 Å². The molecule has 1 aromatic carbocycles. The van der Waals surface area contributed by atoms with Crippen molar-refractivity contribution in [2.45, 2.75) is 33.1 Å². The molecule has 0 unspecified atom stereocenters. The Morgan fingerprint density at radius 3 is 2.78 bits per heavy atom. The van der Waals surface area contributed by atoms with E-state index < -0.39 is 0 Å². The van der Waals surface area contributed by atoms with Crippen LogP contribution in [0.3, 0.4) is 0 Å². The van der Waals surface area contributed by atoms with Gasteiger partial charge in [-0.25, -0.2) is 14.4 Å². The number of hydrogen-bond acceptors (Lipinski definition) is 4. The minimum absolute atomic E-state index is 0.228. The lowest BCUT2D eigenvalue weighted by Gasteiger charge is -2.09. The Morgan fingerprint density at radius 2 is 2.04 bits per heavy atom. The molecule has 0 saturated carbocycles. The van der Waals surface area contributed by atoms with Crippen molar-refractivity contribution in [2.75, 3.05) is 11.9 Å². The van der Waals surface area contributed by atoms with E-state index in [2.05, 4.69) is 27.5 Å². The molecule has 0 aliphatic rings. The van der Waals surface area contributed by atoms with Crippen molar-refractivity contribution in [1.29, 1.82) is 0 Å². The minimum atomic E-state index is -0.338. The average Bonchev–Trinajstić information content (AvgIpc) is 2.51. The molecule has 1 heterocycles. The van der Waals surface area contributed by atoms with Crippen LogP contribution in [0.15, 0.2) is 30.3 Å². The van der Waals surface area contributed by atoms with E-state index in [4.69, 9.17) is 0 Å². The fourth-order valence-electron chi connectivity index (χ4n) is 2.13. The Labute approximate surface area is 135 Å². The first kappa shape index (κ1) is 16.9. The second kappa shape index (κ2) is 8.22. The van der Waals surface area contributed by atoms with Crippen LogP contribution in [-0.4, -0.2) is 22.4 Å². The number of carbonyl (C=O) groups excluding carboxylic acids is 1. The molecule has 1 amide bonds. The van der Waals surface area contributed by atoms with Crippen LogP contribution >= 0.6 is 0 Å². The molecule has 2 N–H and O–H groups in total. The molecular formula is C17H21FN4O. The van der Waals surface area contributed by atoms with Crippen molar-refractivity contribution in [3.05, 3.63) is 47.7 Å². The Hall–Kier alpha value is -2.50. The van der Waals surface area contributed by atoms with Crippen LogP contribution in [0.1, 0.15) is 42.5 Å². The summed E-state index contributed by atoms with van der Waals surface area (Å²) in [6, 6.07) is 7.62. The zero-order valence-electron chi connectivity index (χ0n) is 13.4. The first-order chi connectivity index (χ1) is 11.1. The summed E-state index contributed by atoms with van der Waals surface area (Å²) < 4.78 is 13.2. The number of benzene rings is 1. The molecule has 23 heavy (non-hydrogen) atoms. The van der Waals surface area contributed by atoms with Gasteiger partial charge in [-0.3, -0.25) is 4.79 Å². The summed E-state index contributed by atoms with van der Waals surface area (Å²) in [5, 5.41) is 5.83. The highest BCUT2D eigenvalue weighted by Crippen LogP contribution is 2.16. The highest BCUT2D eigenvalue weighted by atomic mass is 19.1. The molecule has 6 heteroatoms. The second-order valence-electron chi connectivity index (χ2n) is 5.28. The van der Waals surface area contributed by atoms with Gasteiger partial charge in [0.25, 0.3) is 5.91 Å². The Bertz CT molecular complexity index is 675. The molecule has 2 rings (SSSR count). The number of halogens is 1. The van der Waals surface area contributed by atoms with Gasteiger partial charge in [0, 0.05) is 18.3 Å². The summed E-state index contributed by atoms with van der Waals surface area (Å²) in [5.41, 5.74) is 0.866. The maximum Gasteiger partial charge on any atom is 0.270 e. The number of aryl methyl sites for hydroxylation is 1. The molecule has 0 radical (unpaired) electrons. The highest BCUT2D eigenvalue weighted by molar-refractivity contribution is 5.93. The van der Waals surface area contributed by atoms with Crippen LogP contribution in [0.25, 0.3) is 0 Å². The number of carbonyl (C=O) groups is 1. The summed E-state index contributed by atoms with van der Waals surface area (Å²) in [6.07, 6.45) is 3.13. The van der Waals surface area contributed by atoms with Gasteiger partial charge in [-0.2, -0.15) is 0 Å². The SMILES string of the molecule is CCCCCNC(=O)c1cc(Nc2cccc(F)c2)nc(C)n1. The van der Waals surface area contributed by atoms with Gasteiger partial charge in [-0.05, 0) is 31.5 Å². The van der Waals surface area contributed by atoms with Gasteiger partial charge >= 0.3 is 0 Å². The number of amides is 1. The molecule has 1 aromatic heterocycles. The monoisotopic (exact) mass is 316 g/mol. The Balaban J connectivity index is 2.07. The van der Waals surface area contributed by atoms with Crippen molar-refractivity contribution in [3.63, 3.8) is 0 Å². The molecule has 0 spiro atoms. The molecule has 2 aromatic rings. The second-order valence-corrected chi connectivity index (χ2v) is 5.28. The fraction of sp³-hybridized carbons (Fsp3) is 0.353. The van der Waals surface area contributed by atoms with Crippen LogP contribution in [0.2, 0.25) is 0 Å².